The van der Waals surface area contributed by atoms with E-state index in [1.807, 2.05) is 0 Å². The van der Waals surface area contributed by atoms with Gasteiger partial charge in [0.2, 0.25) is 5.71 Å². The van der Waals surface area contributed by atoms with E-state index in [-0.39, 0.29) is 6.61 Å². The lowest BCUT2D eigenvalue weighted by molar-refractivity contribution is -0.0796. The van der Waals surface area contributed by atoms with Crippen molar-refractivity contribution in [3.8, 4) is 17.2 Å². The Labute approximate surface area is 190 Å². The van der Waals surface area contributed by atoms with E-state index >= 15 is 0 Å². The van der Waals surface area contributed by atoms with Gasteiger partial charge in [-0.25, -0.2) is 9.78 Å². The Hall–Kier alpha value is -3.78. The quantitative estimate of drug-likeness (QED) is 0.394. The lowest BCUT2D eigenvalue weighted by atomic mass is 10.0. The molecule has 0 amide bonds. The summed E-state index contributed by atoms with van der Waals surface area (Å²) in [4.78, 5) is 17.1. The molecular formula is C25H25NO7. The summed E-state index contributed by atoms with van der Waals surface area (Å²) in [7, 11) is 3.08. The van der Waals surface area contributed by atoms with Gasteiger partial charge in [-0.2, -0.15) is 0 Å². The number of aliphatic hydroxyl groups is 1. The monoisotopic (exact) mass is 451 g/mol. The van der Waals surface area contributed by atoms with Crippen molar-refractivity contribution in [3.63, 3.8) is 0 Å². The van der Waals surface area contributed by atoms with E-state index in [4.69, 9.17) is 23.4 Å². The van der Waals surface area contributed by atoms with Crippen LogP contribution in [-0.2, 0) is 4.74 Å². The maximum Gasteiger partial charge on any atom is 0.338 e. The lowest BCUT2D eigenvalue weighted by Gasteiger charge is -2.29. The van der Waals surface area contributed by atoms with E-state index in [0.29, 0.717) is 34.0 Å². The topological polar surface area (TPSA) is 100 Å². The van der Waals surface area contributed by atoms with Crippen LogP contribution in [0.2, 0.25) is 0 Å². The first-order valence-electron chi connectivity index (χ1n) is 10.4. The molecule has 2 heterocycles. The lowest BCUT2D eigenvalue weighted by Crippen LogP contribution is -2.43. The van der Waals surface area contributed by atoms with Gasteiger partial charge in [-0.1, -0.05) is 18.2 Å². The molecule has 0 aliphatic carbocycles. The van der Waals surface area contributed by atoms with Crippen LogP contribution >= 0.6 is 0 Å². The minimum Gasteiger partial charge on any atom is -0.495 e. The van der Waals surface area contributed by atoms with Gasteiger partial charge in [0, 0.05) is 5.39 Å². The highest BCUT2D eigenvalue weighted by Gasteiger charge is 2.32. The van der Waals surface area contributed by atoms with Crippen LogP contribution in [0.3, 0.4) is 0 Å². The predicted molar refractivity (Wildman–Crippen MR) is 122 cm³/mol. The molecule has 172 valence electrons. The average Bonchev–Trinajstić information content (AvgIpc) is 3.27. The highest BCUT2D eigenvalue weighted by atomic mass is 16.6. The summed E-state index contributed by atoms with van der Waals surface area (Å²) in [5.74, 6) is 0.798. The molecule has 0 saturated carbocycles. The summed E-state index contributed by atoms with van der Waals surface area (Å²) < 4.78 is 28.2. The molecule has 0 bridgehead atoms. The van der Waals surface area contributed by atoms with E-state index in [1.54, 1.807) is 69.5 Å². The van der Waals surface area contributed by atoms with Crippen LogP contribution in [0.5, 0.6) is 17.2 Å². The van der Waals surface area contributed by atoms with Crippen LogP contribution in [-0.4, -0.2) is 48.6 Å². The van der Waals surface area contributed by atoms with Crippen LogP contribution in [0.25, 0.3) is 22.0 Å². The number of methoxy groups -OCH3 is 2. The van der Waals surface area contributed by atoms with Crippen molar-refractivity contribution in [3.05, 3.63) is 60.4 Å². The number of hydrogen-bond acceptors (Lipinski definition) is 8. The third kappa shape index (κ3) is 4.42. The smallest absolute Gasteiger partial charge is 0.338 e. The van der Waals surface area contributed by atoms with E-state index < -0.39 is 17.7 Å². The number of pyridine rings is 1. The van der Waals surface area contributed by atoms with Gasteiger partial charge in [-0.05, 0) is 44.2 Å². The number of ether oxygens (including phenoxy) is 4. The zero-order valence-electron chi connectivity index (χ0n) is 18.8. The number of hydrogen-bond donors (Lipinski definition) is 1. The fourth-order valence-electron chi connectivity index (χ4n) is 3.50. The maximum atomic E-state index is 12.5. The molecule has 0 saturated heterocycles. The Balaban J connectivity index is 1.64. The Kier molecular flexibility index (Phi) is 6.11. The molecule has 2 aromatic heterocycles. The Morgan fingerprint density at radius 3 is 2.42 bits per heavy atom. The van der Waals surface area contributed by atoms with Crippen molar-refractivity contribution in [2.24, 2.45) is 0 Å². The Morgan fingerprint density at radius 1 is 1.03 bits per heavy atom. The van der Waals surface area contributed by atoms with Crippen molar-refractivity contribution in [2.75, 3.05) is 20.8 Å². The minimum absolute atomic E-state index is 0.107. The third-order valence-corrected chi connectivity index (χ3v) is 5.29. The molecule has 0 spiro atoms. The SMILES string of the molecule is COc1c2ccoc2nc2c(OC)c(OCC(OC(=O)c3ccccc3)C(C)(C)O)ccc12. The van der Waals surface area contributed by atoms with Gasteiger partial charge in [-0.3, -0.25) is 0 Å². The summed E-state index contributed by atoms with van der Waals surface area (Å²) in [5, 5.41) is 12.1. The van der Waals surface area contributed by atoms with Crippen molar-refractivity contribution in [1.82, 2.24) is 4.98 Å². The van der Waals surface area contributed by atoms with Gasteiger partial charge in [0.15, 0.2) is 17.6 Å². The van der Waals surface area contributed by atoms with E-state index in [2.05, 4.69) is 4.98 Å². The minimum atomic E-state index is -1.35. The predicted octanol–water partition coefficient (Wildman–Crippen LogP) is 4.37. The summed E-state index contributed by atoms with van der Waals surface area (Å²) in [6.45, 7) is 3.00. The number of aromatic nitrogens is 1. The highest BCUT2D eigenvalue weighted by molar-refractivity contribution is 6.02. The van der Waals surface area contributed by atoms with Crippen molar-refractivity contribution in [1.29, 1.82) is 0 Å². The molecular weight excluding hydrogens is 426 g/mol. The molecule has 33 heavy (non-hydrogen) atoms. The molecule has 2 aromatic carbocycles. The third-order valence-electron chi connectivity index (χ3n) is 5.29. The van der Waals surface area contributed by atoms with Crippen LogP contribution in [0.15, 0.2) is 59.2 Å². The number of furan rings is 1. The van der Waals surface area contributed by atoms with Crippen LogP contribution in [0.4, 0.5) is 0 Å². The molecule has 8 heteroatoms. The van der Waals surface area contributed by atoms with Gasteiger partial charge in [0.25, 0.3) is 0 Å². The van der Waals surface area contributed by atoms with Gasteiger partial charge in [-0.15, -0.1) is 0 Å². The molecule has 1 unspecified atom stereocenters. The van der Waals surface area contributed by atoms with Gasteiger partial charge in [0.05, 0.1) is 37.0 Å². The largest absolute Gasteiger partial charge is 0.495 e. The van der Waals surface area contributed by atoms with Crippen LogP contribution in [0, 0.1) is 0 Å². The second kappa shape index (κ2) is 8.99. The second-order valence-electron chi connectivity index (χ2n) is 8.00. The number of esters is 1. The molecule has 0 radical (unpaired) electrons. The Bertz CT molecular complexity index is 1270. The molecule has 8 nitrogen and oxygen atoms in total. The Morgan fingerprint density at radius 2 is 1.76 bits per heavy atom. The summed E-state index contributed by atoms with van der Waals surface area (Å²) >= 11 is 0. The second-order valence-corrected chi connectivity index (χ2v) is 8.00. The standard InChI is InChI=1S/C25H25NO7/c1-25(2,28)19(33-24(27)15-8-6-5-7-9-15)14-32-18-11-10-16-20(22(18)30-4)26-23-17(12-13-31-23)21(16)29-3/h5-13,19,28H,14H2,1-4H3. The van der Waals surface area contributed by atoms with Gasteiger partial charge in [0.1, 0.15) is 17.9 Å². The first-order chi connectivity index (χ1) is 15.8. The normalized spacial score (nSPS) is 12.5. The molecule has 1 N–H and O–H groups in total. The maximum absolute atomic E-state index is 12.5. The average molecular weight is 451 g/mol. The first-order valence-corrected chi connectivity index (χ1v) is 10.4. The fraction of sp³-hybridized carbons (Fsp3) is 0.280. The molecule has 0 aliphatic heterocycles. The van der Waals surface area contributed by atoms with Gasteiger partial charge < -0.3 is 28.5 Å². The van der Waals surface area contributed by atoms with E-state index in [0.717, 1.165) is 10.8 Å². The van der Waals surface area contributed by atoms with Crippen molar-refractivity contribution < 1.29 is 33.3 Å². The summed E-state index contributed by atoms with van der Waals surface area (Å²) in [5.41, 5.74) is -0.0683. The number of rotatable bonds is 8. The molecule has 4 aromatic rings. The fourth-order valence-corrected chi connectivity index (χ4v) is 3.50. The van der Waals surface area contributed by atoms with E-state index in [9.17, 15) is 9.90 Å². The zero-order chi connectivity index (χ0) is 23.6. The van der Waals surface area contributed by atoms with Crippen molar-refractivity contribution >= 4 is 28.0 Å². The number of carbonyl (C=O) groups excluding carboxylic acids is 1. The van der Waals surface area contributed by atoms with E-state index in [1.165, 1.54) is 13.4 Å². The van der Waals surface area contributed by atoms with Gasteiger partial charge >= 0.3 is 5.97 Å². The molecule has 4 rings (SSSR count). The number of carbonyl (C=O) groups is 1. The van der Waals surface area contributed by atoms with Crippen molar-refractivity contribution in [2.45, 2.75) is 25.6 Å². The molecule has 0 aliphatic rings. The highest BCUT2D eigenvalue weighted by Crippen LogP contribution is 2.41. The number of fused-ring (bicyclic) bond motifs is 2. The van der Waals surface area contributed by atoms with Crippen LogP contribution in [0.1, 0.15) is 24.2 Å². The number of benzene rings is 2. The summed E-state index contributed by atoms with van der Waals surface area (Å²) in [6, 6.07) is 13.9. The zero-order valence-corrected chi connectivity index (χ0v) is 18.8. The van der Waals surface area contributed by atoms with Crippen LogP contribution < -0.4 is 14.2 Å². The molecule has 0 fully saturated rings. The first kappa shape index (κ1) is 22.4. The summed E-state index contributed by atoms with van der Waals surface area (Å²) in [6.07, 6.45) is 0.596. The number of nitrogens with zero attached hydrogens (tertiary/aromatic N) is 1. The molecule has 1 atom stereocenters.